The minimum Gasteiger partial charge on any atom is -0.335 e. The SMILES string of the molecule is CN(Cc1nc2ccccc2s1)C(=O)c1ccc2c(=O)n3c(nc2c1)CCCCC3. The summed E-state index contributed by atoms with van der Waals surface area (Å²) in [5, 5.41) is 1.47. The number of carbonyl (C=O) groups excluding carboxylic acids is 1. The molecule has 1 aliphatic rings. The molecule has 0 spiro atoms. The van der Waals surface area contributed by atoms with Crippen molar-refractivity contribution < 1.29 is 4.79 Å². The number of hydrogen-bond acceptors (Lipinski definition) is 5. The van der Waals surface area contributed by atoms with Crippen molar-refractivity contribution in [3.8, 4) is 0 Å². The number of fused-ring (bicyclic) bond motifs is 3. The van der Waals surface area contributed by atoms with Crippen molar-refractivity contribution in [2.75, 3.05) is 7.05 Å². The van der Waals surface area contributed by atoms with Crippen molar-refractivity contribution in [3.63, 3.8) is 0 Å². The molecule has 30 heavy (non-hydrogen) atoms. The highest BCUT2D eigenvalue weighted by molar-refractivity contribution is 7.18. The molecule has 0 N–H and O–H groups in total. The summed E-state index contributed by atoms with van der Waals surface area (Å²) in [6, 6.07) is 13.2. The molecule has 1 amide bonds. The van der Waals surface area contributed by atoms with E-state index in [1.807, 2.05) is 24.3 Å². The Labute approximate surface area is 177 Å². The first-order chi connectivity index (χ1) is 14.6. The fourth-order valence-corrected chi connectivity index (χ4v) is 5.05. The van der Waals surface area contributed by atoms with Crippen LogP contribution in [0.5, 0.6) is 0 Å². The van der Waals surface area contributed by atoms with Crippen LogP contribution in [0.25, 0.3) is 21.1 Å². The summed E-state index contributed by atoms with van der Waals surface area (Å²) in [7, 11) is 1.78. The van der Waals surface area contributed by atoms with E-state index in [1.54, 1.807) is 46.1 Å². The van der Waals surface area contributed by atoms with Crippen molar-refractivity contribution >= 4 is 38.4 Å². The highest BCUT2D eigenvalue weighted by atomic mass is 32.1. The Kier molecular flexibility index (Phi) is 4.83. The number of carbonyl (C=O) groups is 1. The molecule has 3 heterocycles. The molecule has 5 rings (SSSR count). The summed E-state index contributed by atoms with van der Waals surface area (Å²) in [5.74, 6) is 0.727. The van der Waals surface area contributed by atoms with Crippen LogP contribution >= 0.6 is 11.3 Å². The lowest BCUT2D eigenvalue weighted by molar-refractivity contribution is 0.0785. The van der Waals surface area contributed by atoms with Crippen LogP contribution in [0.1, 0.15) is 40.5 Å². The van der Waals surface area contributed by atoms with Crippen LogP contribution in [-0.4, -0.2) is 32.4 Å². The number of hydrogen-bond donors (Lipinski definition) is 0. The van der Waals surface area contributed by atoms with Gasteiger partial charge in [-0.2, -0.15) is 0 Å². The second kappa shape index (κ2) is 7.65. The van der Waals surface area contributed by atoms with E-state index >= 15 is 0 Å². The molecule has 152 valence electrons. The van der Waals surface area contributed by atoms with Crippen LogP contribution in [0, 0.1) is 0 Å². The minimum atomic E-state index is -0.104. The molecule has 7 heteroatoms. The maximum absolute atomic E-state index is 13.0. The van der Waals surface area contributed by atoms with Crippen molar-refractivity contribution in [1.29, 1.82) is 0 Å². The third-order valence-electron chi connectivity index (χ3n) is 5.62. The zero-order valence-corrected chi connectivity index (χ0v) is 17.6. The number of amides is 1. The maximum atomic E-state index is 13.0. The smallest absolute Gasteiger partial charge is 0.261 e. The number of benzene rings is 2. The summed E-state index contributed by atoms with van der Waals surface area (Å²) < 4.78 is 2.92. The summed E-state index contributed by atoms with van der Waals surface area (Å²) in [4.78, 5) is 36.9. The van der Waals surface area contributed by atoms with Crippen LogP contribution in [0.3, 0.4) is 0 Å². The third kappa shape index (κ3) is 3.39. The largest absolute Gasteiger partial charge is 0.335 e. The maximum Gasteiger partial charge on any atom is 0.261 e. The third-order valence-corrected chi connectivity index (χ3v) is 6.64. The topological polar surface area (TPSA) is 68.1 Å². The fourth-order valence-electron chi connectivity index (χ4n) is 4.03. The van der Waals surface area contributed by atoms with Crippen LogP contribution in [0.15, 0.2) is 47.3 Å². The van der Waals surface area contributed by atoms with E-state index in [-0.39, 0.29) is 11.5 Å². The first-order valence-electron chi connectivity index (χ1n) is 10.2. The Balaban J connectivity index is 1.44. The van der Waals surface area contributed by atoms with Crippen molar-refractivity contribution in [3.05, 3.63) is 69.2 Å². The van der Waals surface area contributed by atoms with Crippen LogP contribution in [0.2, 0.25) is 0 Å². The van der Waals surface area contributed by atoms with Gasteiger partial charge in [0.25, 0.3) is 11.5 Å². The van der Waals surface area contributed by atoms with E-state index in [0.717, 1.165) is 53.3 Å². The summed E-state index contributed by atoms with van der Waals surface area (Å²) in [6.45, 7) is 1.17. The summed E-state index contributed by atoms with van der Waals surface area (Å²) in [5.41, 5.74) is 2.09. The molecule has 0 saturated heterocycles. The van der Waals surface area contributed by atoms with Gasteiger partial charge in [-0.1, -0.05) is 18.6 Å². The summed E-state index contributed by atoms with van der Waals surface area (Å²) >= 11 is 1.60. The average Bonchev–Trinajstić information content (AvgIpc) is 3.01. The molecule has 6 nitrogen and oxygen atoms in total. The highest BCUT2D eigenvalue weighted by Crippen LogP contribution is 2.23. The molecule has 0 unspecified atom stereocenters. The van der Waals surface area contributed by atoms with Gasteiger partial charge in [-0.25, -0.2) is 9.97 Å². The Morgan fingerprint density at radius 2 is 1.97 bits per heavy atom. The average molecular weight is 419 g/mol. The van der Waals surface area contributed by atoms with Crippen LogP contribution in [0.4, 0.5) is 0 Å². The normalized spacial score (nSPS) is 13.9. The lowest BCUT2D eigenvalue weighted by Gasteiger charge is -2.16. The van der Waals surface area contributed by atoms with E-state index in [0.29, 0.717) is 23.0 Å². The number of nitrogens with zero attached hydrogens (tertiary/aromatic N) is 4. The second-order valence-corrected chi connectivity index (χ2v) is 8.88. The lowest BCUT2D eigenvalue weighted by Crippen LogP contribution is -2.27. The van der Waals surface area contributed by atoms with Crippen molar-refractivity contribution in [1.82, 2.24) is 19.4 Å². The number of aryl methyl sites for hydroxylation is 1. The van der Waals surface area contributed by atoms with Gasteiger partial charge in [0.2, 0.25) is 0 Å². The number of thiazole rings is 1. The Bertz CT molecular complexity index is 1290. The summed E-state index contributed by atoms with van der Waals surface area (Å²) in [6.07, 6.45) is 3.97. The number of aromatic nitrogens is 3. The van der Waals surface area contributed by atoms with Gasteiger partial charge in [0.15, 0.2) is 0 Å². The van der Waals surface area contributed by atoms with E-state index in [1.165, 1.54) is 0 Å². The zero-order valence-electron chi connectivity index (χ0n) is 16.8. The van der Waals surface area contributed by atoms with E-state index < -0.39 is 0 Å². The highest BCUT2D eigenvalue weighted by Gasteiger charge is 2.18. The van der Waals surface area contributed by atoms with Gasteiger partial charge < -0.3 is 4.90 Å². The zero-order chi connectivity index (χ0) is 20.7. The van der Waals surface area contributed by atoms with Gasteiger partial charge >= 0.3 is 0 Å². The quantitative estimate of drug-likeness (QED) is 0.504. The Morgan fingerprint density at radius 1 is 1.10 bits per heavy atom. The molecule has 4 aromatic rings. The molecular formula is C23H22N4O2S. The predicted molar refractivity (Wildman–Crippen MR) is 119 cm³/mol. The molecule has 1 aliphatic heterocycles. The van der Waals surface area contributed by atoms with E-state index in [4.69, 9.17) is 4.98 Å². The molecule has 0 aliphatic carbocycles. The monoisotopic (exact) mass is 418 g/mol. The molecule has 0 bridgehead atoms. The first-order valence-corrected chi connectivity index (χ1v) is 11.1. The molecule has 0 fully saturated rings. The fraction of sp³-hybridized carbons (Fsp3) is 0.304. The molecule has 0 saturated carbocycles. The standard InChI is InChI=1S/C23H22N4O2S/c1-26(14-21-25-17-7-4-5-8-19(17)30-21)22(28)15-10-11-16-18(13-15)24-20-9-3-2-6-12-27(20)23(16)29/h4-5,7-8,10-11,13H,2-3,6,9,12,14H2,1H3. The molecule has 0 radical (unpaired) electrons. The first kappa shape index (κ1) is 18.9. The Morgan fingerprint density at radius 3 is 2.83 bits per heavy atom. The molecule has 2 aromatic carbocycles. The van der Waals surface area contributed by atoms with Gasteiger partial charge in [0.1, 0.15) is 10.8 Å². The van der Waals surface area contributed by atoms with E-state index in [9.17, 15) is 9.59 Å². The molecule has 2 aromatic heterocycles. The van der Waals surface area contributed by atoms with Gasteiger partial charge in [-0.05, 0) is 43.2 Å². The van der Waals surface area contributed by atoms with Gasteiger partial charge in [-0.3, -0.25) is 14.2 Å². The van der Waals surface area contributed by atoms with Gasteiger partial charge in [0, 0.05) is 25.6 Å². The minimum absolute atomic E-state index is 0.00118. The Hall–Kier alpha value is -3.06. The van der Waals surface area contributed by atoms with Gasteiger partial charge in [-0.15, -0.1) is 11.3 Å². The number of para-hydroxylation sites is 1. The molecule has 0 atom stereocenters. The van der Waals surface area contributed by atoms with Crippen LogP contribution in [-0.2, 0) is 19.5 Å². The van der Waals surface area contributed by atoms with Gasteiger partial charge in [0.05, 0.1) is 27.7 Å². The van der Waals surface area contributed by atoms with Crippen LogP contribution < -0.4 is 5.56 Å². The molecular weight excluding hydrogens is 396 g/mol. The second-order valence-electron chi connectivity index (χ2n) is 7.76. The lowest BCUT2D eigenvalue weighted by atomic mass is 10.1. The predicted octanol–water partition coefficient (Wildman–Crippen LogP) is 4.00. The van der Waals surface area contributed by atoms with Crippen molar-refractivity contribution in [2.45, 2.75) is 38.8 Å². The van der Waals surface area contributed by atoms with Crippen molar-refractivity contribution in [2.24, 2.45) is 0 Å². The number of rotatable bonds is 3. The van der Waals surface area contributed by atoms with E-state index in [2.05, 4.69) is 4.98 Å².